The van der Waals surface area contributed by atoms with Gasteiger partial charge in [0.15, 0.2) is 6.61 Å². The lowest BCUT2D eigenvalue weighted by molar-refractivity contribution is -0.142. The van der Waals surface area contributed by atoms with Crippen molar-refractivity contribution in [2.45, 2.75) is 13.5 Å². The Labute approximate surface area is 162 Å². The maximum atomic E-state index is 11.8. The number of anilines is 1. The van der Waals surface area contributed by atoms with Gasteiger partial charge in [0.2, 0.25) is 0 Å². The molecule has 0 fully saturated rings. The van der Waals surface area contributed by atoms with Crippen molar-refractivity contribution in [3.05, 3.63) is 83.7 Å². The lowest BCUT2D eigenvalue weighted by Crippen LogP contribution is -2.20. The first-order valence-electron chi connectivity index (χ1n) is 8.74. The summed E-state index contributed by atoms with van der Waals surface area (Å²) >= 11 is 0. The summed E-state index contributed by atoms with van der Waals surface area (Å²) < 4.78 is 6.61. The first-order chi connectivity index (χ1) is 13.6. The number of aromatic nitrogens is 3. The molecule has 2 aromatic carbocycles. The summed E-state index contributed by atoms with van der Waals surface area (Å²) in [6, 6.07) is 17.2. The quantitative estimate of drug-likeness (QED) is 0.506. The SMILES string of the molecule is Cc1ccc(NC(=O)COC(=O)/C=C/c2cn(Cc3ccccc3)nn2)cc1. The number of hydrogen-bond donors (Lipinski definition) is 1. The highest BCUT2D eigenvalue weighted by Gasteiger charge is 2.06. The Morgan fingerprint density at radius 2 is 1.86 bits per heavy atom. The molecule has 28 heavy (non-hydrogen) atoms. The molecule has 0 radical (unpaired) electrons. The normalized spacial score (nSPS) is 10.8. The van der Waals surface area contributed by atoms with Gasteiger partial charge in [0.25, 0.3) is 5.91 Å². The van der Waals surface area contributed by atoms with Crippen molar-refractivity contribution in [3.8, 4) is 0 Å². The Morgan fingerprint density at radius 3 is 2.61 bits per heavy atom. The summed E-state index contributed by atoms with van der Waals surface area (Å²) in [7, 11) is 0. The van der Waals surface area contributed by atoms with E-state index in [2.05, 4.69) is 15.6 Å². The number of esters is 1. The second kappa shape index (κ2) is 9.27. The molecule has 0 aliphatic heterocycles. The molecule has 0 saturated heterocycles. The highest BCUT2D eigenvalue weighted by molar-refractivity contribution is 5.94. The molecule has 3 rings (SSSR count). The summed E-state index contributed by atoms with van der Waals surface area (Å²) in [4.78, 5) is 23.6. The molecule has 3 aromatic rings. The third kappa shape index (κ3) is 5.91. The summed E-state index contributed by atoms with van der Waals surface area (Å²) in [6.07, 6.45) is 4.44. The van der Waals surface area contributed by atoms with Crippen LogP contribution in [0.1, 0.15) is 16.8 Å². The molecule has 0 unspecified atom stereocenters. The average molecular weight is 376 g/mol. The third-order valence-corrected chi connectivity index (χ3v) is 3.81. The first kappa shape index (κ1) is 19.0. The van der Waals surface area contributed by atoms with Gasteiger partial charge in [0, 0.05) is 11.8 Å². The first-order valence-corrected chi connectivity index (χ1v) is 8.74. The predicted octanol–water partition coefficient (Wildman–Crippen LogP) is 2.83. The molecule has 142 valence electrons. The second-order valence-corrected chi connectivity index (χ2v) is 6.18. The molecule has 0 atom stereocenters. The zero-order valence-corrected chi connectivity index (χ0v) is 15.4. The fourth-order valence-electron chi connectivity index (χ4n) is 2.41. The Balaban J connectivity index is 1.44. The van der Waals surface area contributed by atoms with Gasteiger partial charge in [-0.1, -0.05) is 53.2 Å². The van der Waals surface area contributed by atoms with Crippen LogP contribution in [0.15, 0.2) is 66.9 Å². The van der Waals surface area contributed by atoms with Crippen molar-refractivity contribution >= 4 is 23.6 Å². The van der Waals surface area contributed by atoms with Crippen LogP contribution in [-0.4, -0.2) is 33.5 Å². The summed E-state index contributed by atoms with van der Waals surface area (Å²) in [5.74, 6) is -1.03. The maximum Gasteiger partial charge on any atom is 0.331 e. The number of carbonyl (C=O) groups is 2. The maximum absolute atomic E-state index is 11.8. The minimum atomic E-state index is -0.628. The minimum absolute atomic E-state index is 0.363. The number of nitrogens with one attached hydrogen (secondary N) is 1. The largest absolute Gasteiger partial charge is 0.452 e. The van der Waals surface area contributed by atoms with E-state index in [-0.39, 0.29) is 6.61 Å². The van der Waals surface area contributed by atoms with Crippen molar-refractivity contribution < 1.29 is 14.3 Å². The molecular weight excluding hydrogens is 356 g/mol. The van der Waals surface area contributed by atoms with Crippen LogP contribution in [0, 0.1) is 6.92 Å². The number of carbonyl (C=O) groups excluding carboxylic acids is 2. The molecule has 7 nitrogen and oxygen atoms in total. The fourth-order valence-corrected chi connectivity index (χ4v) is 2.41. The van der Waals surface area contributed by atoms with Gasteiger partial charge in [-0.15, -0.1) is 5.10 Å². The minimum Gasteiger partial charge on any atom is -0.452 e. The molecule has 1 amide bonds. The van der Waals surface area contributed by atoms with Crippen LogP contribution in [0.4, 0.5) is 5.69 Å². The predicted molar refractivity (Wildman–Crippen MR) is 105 cm³/mol. The summed E-state index contributed by atoms with van der Waals surface area (Å²) in [5, 5.41) is 10.7. The Kier molecular flexibility index (Phi) is 6.30. The highest BCUT2D eigenvalue weighted by Crippen LogP contribution is 2.08. The van der Waals surface area contributed by atoms with E-state index in [4.69, 9.17) is 4.74 Å². The molecule has 0 aliphatic carbocycles. The van der Waals surface area contributed by atoms with Crippen LogP contribution in [0.3, 0.4) is 0 Å². The number of benzene rings is 2. The zero-order chi connectivity index (χ0) is 19.8. The summed E-state index contributed by atoms with van der Waals surface area (Å²) in [6.45, 7) is 2.18. The smallest absolute Gasteiger partial charge is 0.331 e. The van der Waals surface area contributed by atoms with Crippen molar-refractivity contribution in [2.75, 3.05) is 11.9 Å². The molecular formula is C21H20N4O3. The molecule has 0 bridgehead atoms. The third-order valence-electron chi connectivity index (χ3n) is 3.81. The number of amides is 1. The lowest BCUT2D eigenvalue weighted by Gasteiger charge is -2.05. The number of nitrogens with zero attached hydrogens (tertiary/aromatic N) is 3. The van der Waals surface area contributed by atoms with Gasteiger partial charge in [0.1, 0.15) is 5.69 Å². The van der Waals surface area contributed by atoms with Crippen LogP contribution < -0.4 is 5.32 Å². The van der Waals surface area contributed by atoms with E-state index >= 15 is 0 Å². The van der Waals surface area contributed by atoms with Crippen molar-refractivity contribution in [1.29, 1.82) is 0 Å². The molecule has 0 aliphatic rings. The van der Waals surface area contributed by atoms with E-state index in [1.807, 2.05) is 49.4 Å². The topological polar surface area (TPSA) is 86.1 Å². The molecule has 0 spiro atoms. The van der Waals surface area contributed by atoms with Gasteiger partial charge < -0.3 is 10.1 Å². The van der Waals surface area contributed by atoms with Gasteiger partial charge in [-0.05, 0) is 30.7 Å². The van der Waals surface area contributed by atoms with Crippen LogP contribution >= 0.6 is 0 Å². The van der Waals surface area contributed by atoms with Crippen LogP contribution in [0.5, 0.6) is 0 Å². The zero-order valence-electron chi connectivity index (χ0n) is 15.4. The fraction of sp³-hybridized carbons (Fsp3) is 0.143. The van der Waals surface area contributed by atoms with Crippen molar-refractivity contribution in [3.63, 3.8) is 0 Å². The number of rotatable bonds is 7. The number of ether oxygens (including phenoxy) is 1. The second-order valence-electron chi connectivity index (χ2n) is 6.18. The monoisotopic (exact) mass is 376 g/mol. The van der Waals surface area contributed by atoms with E-state index in [1.165, 1.54) is 12.2 Å². The van der Waals surface area contributed by atoms with Crippen molar-refractivity contribution in [1.82, 2.24) is 15.0 Å². The van der Waals surface area contributed by atoms with Crippen molar-refractivity contribution in [2.24, 2.45) is 0 Å². The highest BCUT2D eigenvalue weighted by atomic mass is 16.5. The van der Waals surface area contributed by atoms with Gasteiger partial charge in [0.05, 0.1) is 12.7 Å². The number of aryl methyl sites for hydroxylation is 1. The molecule has 1 N–H and O–H groups in total. The van der Waals surface area contributed by atoms with E-state index in [0.29, 0.717) is 17.9 Å². The van der Waals surface area contributed by atoms with E-state index in [1.54, 1.807) is 23.0 Å². The Morgan fingerprint density at radius 1 is 1.11 bits per heavy atom. The van der Waals surface area contributed by atoms with Crippen LogP contribution in [0.25, 0.3) is 6.08 Å². The van der Waals surface area contributed by atoms with Gasteiger partial charge in [-0.3, -0.25) is 4.79 Å². The average Bonchev–Trinajstić information content (AvgIpc) is 3.15. The summed E-state index contributed by atoms with van der Waals surface area (Å²) in [5.41, 5.74) is 3.37. The van der Waals surface area contributed by atoms with Gasteiger partial charge in [-0.2, -0.15) is 0 Å². The van der Waals surface area contributed by atoms with Gasteiger partial charge in [-0.25, -0.2) is 9.48 Å². The Hall–Kier alpha value is -3.74. The standard InChI is InChI=1S/C21H20N4O3/c1-16-7-9-18(10-8-16)22-20(26)15-28-21(27)12-11-19-14-25(24-23-19)13-17-5-3-2-4-6-17/h2-12,14H,13,15H2,1H3,(H,22,26)/b12-11+. The number of hydrogen-bond acceptors (Lipinski definition) is 5. The lowest BCUT2D eigenvalue weighted by atomic mass is 10.2. The molecule has 1 aromatic heterocycles. The molecule has 1 heterocycles. The van der Waals surface area contributed by atoms with Gasteiger partial charge >= 0.3 is 5.97 Å². The van der Waals surface area contributed by atoms with E-state index in [0.717, 1.165) is 11.1 Å². The van der Waals surface area contributed by atoms with Crippen LogP contribution in [0.2, 0.25) is 0 Å². The van der Waals surface area contributed by atoms with E-state index < -0.39 is 11.9 Å². The molecule has 0 saturated carbocycles. The molecule has 7 heteroatoms. The van der Waals surface area contributed by atoms with E-state index in [9.17, 15) is 9.59 Å². The van der Waals surface area contributed by atoms with Crippen LogP contribution in [-0.2, 0) is 20.9 Å². The Bertz CT molecular complexity index is 963.